The third-order valence-corrected chi connectivity index (χ3v) is 4.82. The zero-order chi connectivity index (χ0) is 15.2. The van der Waals surface area contributed by atoms with E-state index in [-0.39, 0.29) is 5.91 Å². The predicted octanol–water partition coefficient (Wildman–Crippen LogP) is 3.11. The molecule has 1 amide bonds. The van der Waals surface area contributed by atoms with Crippen LogP contribution in [-0.2, 0) is 5.75 Å². The predicted molar refractivity (Wildman–Crippen MR) is 86.8 cm³/mol. The van der Waals surface area contributed by atoms with Crippen LogP contribution in [0.5, 0.6) is 0 Å². The lowest BCUT2D eigenvalue weighted by Crippen LogP contribution is -2.32. The van der Waals surface area contributed by atoms with E-state index in [1.807, 2.05) is 29.2 Å². The number of aromatic amines is 1. The minimum Gasteiger partial charge on any atom is -0.339 e. The van der Waals surface area contributed by atoms with Gasteiger partial charge in [-0.25, -0.2) is 4.98 Å². The van der Waals surface area contributed by atoms with Gasteiger partial charge >= 0.3 is 0 Å². The number of likely N-dealkylation sites (tertiary alicyclic amines) is 1. The van der Waals surface area contributed by atoms with Crippen molar-refractivity contribution in [2.45, 2.75) is 36.6 Å². The third-order valence-electron chi connectivity index (χ3n) is 3.90. The van der Waals surface area contributed by atoms with Crippen molar-refractivity contribution in [1.82, 2.24) is 20.1 Å². The Kier molecular flexibility index (Phi) is 5.11. The highest BCUT2D eigenvalue weighted by atomic mass is 32.2. The van der Waals surface area contributed by atoms with E-state index in [0.717, 1.165) is 42.2 Å². The van der Waals surface area contributed by atoms with Gasteiger partial charge in [0.1, 0.15) is 6.33 Å². The molecule has 1 aromatic heterocycles. The summed E-state index contributed by atoms with van der Waals surface area (Å²) >= 11 is 1.56. The van der Waals surface area contributed by atoms with E-state index in [0.29, 0.717) is 5.75 Å². The van der Waals surface area contributed by atoms with Gasteiger partial charge in [0, 0.05) is 24.4 Å². The number of nitrogens with one attached hydrogen (secondary N) is 1. The third kappa shape index (κ3) is 3.68. The first-order chi connectivity index (χ1) is 10.8. The van der Waals surface area contributed by atoms with Crippen molar-refractivity contribution < 1.29 is 4.79 Å². The second-order valence-corrected chi connectivity index (χ2v) is 6.41. The van der Waals surface area contributed by atoms with Crippen LogP contribution in [-0.4, -0.2) is 39.1 Å². The Morgan fingerprint density at radius 1 is 1.18 bits per heavy atom. The first-order valence-corrected chi connectivity index (χ1v) is 8.68. The summed E-state index contributed by atoms with van der Waals surface area (Å²) in [6.45, 7) is 1.75. The molecule has 1 saturated heterocycles. The number of nitrogens with zero attached hydrogens (tertiary/aromatic N) is 3. The second-order valence-electron chi connectivity index (χ2n) is 5.44. The molecule has 1 fully saturated rings. The van der Waals surface area contributed by atoms with Gasteiger partial charge in [-0.05, 0) is 24.5 Å². The molecule has 0 atom stereocenters. The lowest BCUT2D eigenvalue weighted by atomic mass is 10.1. The smallest absolute Gasteiger partial charge is 0.254 e. The summed E-state index contributed by atoms with van der Waals surface area (Å²) in [6, 6.07) is 7.88. The molecule has 3 rings (SSSR count). The largest absolute Gasteiger partial charge is 0.339 e. The fourth-order valence-corrected chi connectivity index (χ4v) is 3.49. The number of hydrogen-bond acceptors (Lipinski definition) is 4. The van der Waals surface area contributed by atoms with Crippen LogP contribution >= 0.6 is 11.8 Å². The molecule has 5 nitrogen and oxygen atoms in total. The molecule has 0 saturated carbocycles. The molecule has 1 aliphatic rings. The zero-order valence-corrected chi connectivity index (χ0v) is 13.3. The van der Waals surface area contributed by atoms with E-state index in [1.54, 1.807) is 11.8 Å². The SMILES string of the molecule is O=C(c1ccccc1CSc1ncn[nH]1)N1CCCCCC1. The van der Waals surface area contributed by atoms with E-state index in [9.17, 15) is 4.79 Å². The molecule has 0 spiro atoms. The summed E-state index contributed by atoms with van der Waals surface area (Å²) in [7, 11) is 0. The first-order valence-electron chi connectivity index (χ1n) is 7.70. The number of carbonyl (C=O) groups is 1. The molecular weight excluding hydrogens is 296 g/mol. The fourth-order valence-electron chi connectivity index (χ4n) is 2.71. The molecule has 6 heteroatoms. The minimum atomic E-state index is 0.163. The lowest BCUT2D eigenvalue weighted by Gasteiger charge is -2.21. The van der Waals surface area contributed by atoms with Crippen molar-refractivity contribution in [3.05, 3.63) is 41.7 Å². The summed E-state index contributed by atoms with van der Waals surface area (Å²) in [5.41, 5.74) is 1.87. The molecule has 0 radical (unpaired) electrons. The van der Waals surface area contributed by atoms with Crippen molar-refractivity contribution in [2.75, 3.05) is 13.1 Å². The van der Waals surface area contributed by atoms with E-state index in [1.165, 1.54) is 19.2 Å². The molecule has 1 aliphatic heterocycles. The Morgan fingerprint density at radius 2 is 1.95 bits per heavy atom. The summed E-state index contributed by atoms with van der Waals surface area (Å²) in [6.07, 6.45) is 6.18. The van der Waals surface area contributed by atoms with Gasteiger partial charge in [0.25, 0.3) is 5.91 Å². The minimum absolute atomic E-state index is 0.163. The van der Waals surface area contributed by atoms with Crippen LogP contribution in [0.15, 0.2) is 35.7 Å². The van der Waals surface area contributed by atoms with Crippen LogP contribution in [0.4, 0.5) is 0 Å². The van der Waals surface area contributed by atoms with Gasteiger partial charge < -0.3 is 4.90 Å². The van der Waals surface area contributed by atoms with Crippen LogP contribution in [0, 0.1) is 0 Å². The molecule has 1 aromatic carbocycles. The molecule has 22 heavy (non-hydrogen) atoms. The van der Waals surface area contributed by atoms with Crippen LogP contribution in [0.25, 0.3) is 0 Å². The summed E-state index contributed by atoms with van der Waals surface area (Å²) in [5, 5.41) is 7.45. The maximum Gasteiger partial charge on any atom is 0.254 e. The van der Waals surface area contributed by atoms with Gasteiger partial charge in [-0.1, -0.05) is 42.8 Å². The van der Waals surface area contributed by atoms with Crippen molar-refractivity contribution in [2.24, 2.45) is 0 Å². The highest BCUT2D eigenvalue weighted by Gasteiger charge is 2.19. The standard InChI is InChI=1S/C16H20N4OS/c21-15(20-9-5-1-2-6-10-20)14-8-4-3-7-13(14)11-22-16-17-12-18-19-16/h3-4,7-8,12H,1-2,5-6,9-11H2,(H,17,18,19). The van der Waals surface area contributed by atoms with Crippen molar-refractivity contribution in [3.63, 3.8) is 0 Å². The van der Waals surface area contributed by atoms with Crippen LogP contribution in [0.2, 0.25) is 0 Å². The maximum atomic E-state index is 12.8. The number of aromatic nitrogens is 3. The first kappa shape index (κ1) is 15.1. The normalized spacial score (nSPS) is 15.5. The zero-order valence-electron chi connectivity index (χ0n) is 12.5. The number of benzene rings is 1. The molecular formula is C16H20N4OS. The second kappa shape index (κ2) is 7.45. The Bertz CT molecular complexity index is 606. The number of hydrogen-bond donors (Lipinski definition) is 1. The Morgan fingerprint density at radius 3 is 2.68 bits per heavy atom. The number of rotatable bonds is 4. The summed E-state index contributed by atoms with van der Waals surface area (Å²) in [5.74, 6) is 0.876. The Hall–Kier alpha value is -1.82. The van der Waals surface area contributed by atoms with Crippen LogP contribution < -0.4 is 0 Å². The van der Waals surface area contributed by atoms with Crippen molar-refractivity contribution in [3.8, 4) is 0 Å². The van der Waals surface area contributed by atoms with Gasteiger partial charge in [-0.15, -0.1) is 0 Å². The van der Waals surface area contributed by atoms with Gasteiger partial charge in [-0.3, -0.25) is 9.89 Å². The topological polar surface area (TPSA) is 61.9 Å². The van der Waals surface area contributed by atoms with Crippen LogP contribution in [0.3, 0.4) is 0 Å². The number of amides is 1. The monoisotopic (exact) mass is 316 g/mol. The molecule has 2 aromatic rings. The summed E-state index contributed by atoms with van der Waals surface area (Å²) < 4.78 is 0. The van der Waals surface area contributed by atoms with Gasteiger partial charge in [-0.2, -0.15) is 5.10 Å². The van der Waals surface area contributed by atoms with Gasteiger partial charge in [0.2, 0.25) is 0 Å². The number of carbonyl (C=O) groups excluding carboxylic acids is 1. The molecule has 0 unspecified atom stereocenters. The lowest BCUT2D eigenvalue weighted by molar-refractivity contribution is 0.0761. The molecule has 1 N–H and O–H groups in total. The average molecular weight is 316 g/mol. The van der Waals surface area contributed by atoms with Crippen molar-refractivity contribution in [1.29, 1.82) is 0 Å². The Balaban J connectivity index is 1.73. The molecule has 0 aliphatic carbocycles. The van der Waals surface area contributed by atoms with Gasteiger partial charge in [0.05, 0.1) is 0 Å². The number of thioether (sulfide) groups is 1. The van der Waals surface area contributed by atoms with E-state index in [4.69, 9.17) is 0 Å². The highest BCUT2D eigenvalue weighted by molar-refractivity contribution is 7.98. The van der Waals surface area contributed by atoms with E-state index >= 15 is 0 Å². The maximum absolute atomic E-state index is 12.8. The van der Waals surface area contributed by atoms with E-state index in [2.05, 4.69) is 15.2 Å². The van der Waals surface area contributed by atoms with E-state index < -0.39 is 0 Å². The van der Waals surface area contributed by atoms with Gasteiger partial charge in [0.15, 0.2) is 5.16 Å². The quantitative estimate of drug-likeness (QED) is 0.880. The summed E-state index contributed by atoms with van der Waals surface area (Å²) in [4.78, 5) is 18.9. The fraction of sp³-hybridized carbons (Fsp3) is 0.438. The average Bonchev–Trinajstić information content (AvgIpc) is 2.93. The highest BCUT2D eigenvalue weighted by Crippen LogP contribution is 2.23. The molecule has 2 heterocycles. The Labute approximate surface area is 134 Å². The van der Waals surface area contributed by atoms with Crippen LogP contribution in [0.1, 0.15) is 41.6 Å². The number of H-pyrrole nitrogens is 1. The van der Waals surface area contributed by atoms with Crippen molar-refractivity contribution >= 4 is 17.7 Å². The molecule has 116 valence electrons. The molecule has 0 bridgehead atoms.